The summed E-state index contributed by atoms with van der Waals surface area (Å²) in [5, 5.41) is 25.6. The number of aliphatic hydroxyl groups is 1. The maximum absolute atomic E-state index is 17.3. The van der Waals surface area contributed by atoms with Gasteiger partial charge in [-0.25, -0.2) is 22.8 Å². The predicted molar refractivity (Wildman–Crippen MR) is 293 cm³/mol. The van der Waals surface area contributed by atoms with Crippen LogP contribution in [0.1, 0.15) is 114 Å². The van der Waals surface area contributed by atoms with Crippen LogP contribution in [0, 0.1) is 23.4 Å². The molecule has 0 saturated carbocycles. The molecule has 0 radical (unpaired) electrons. The van der Waals surface area contributed by atoms with E-state index in [1.54, 1.807) is 31.0 Å². The summed E-state index contributed by atoms with van der Waals surface area (Å²) in [5.74, 6) is -1.92. The van der Waals surface area contributed by atoms with Crippen molar-refractivity contribution in [2.75, 3.05) is 70.5 Å². The number of phenolic OH excluding ortho intramolecular Hbond substituents is 1. The number of nitrogens with zero attached hydrogens (tertiary/aromatic N) is 9. The number of aryl methyl sites for hydroxylation is 2. The molecular weight excluding hydrogens is 1030 g/mol. The van der Waals surface area contributed by atoms with Crippen LogP contribution in [0.3, 0.4) is 0 Å². The molecular formula is C59H69F3N10O8. The first kappa shape index (κ1) is 53.8. The van der Waals surface area contributed by atoms with Crippen LogP contribution in [-0.2, 0) is 27.8 Å². The van der Waals surface area contributed by atoms with E-state index in [4.69, 9.17) is 19.4 Å². The summed E-state index contributed by atoms with van der Waals surface area (Å²) in [6.07, 6.45) is 9.63. The van der Waals surface area contributed by atoms with Crippen molar-refractivity contribution < 1.29 is 47.2 Å². The molecule has 1 unspecified atom stereocenters. The molecule has 6 aliphatic rings. The van der Waals surface area contributed by atoms with Gasteiger partial charge in [0.05, 0.1) is 27.6 Å². The normalized spacial score (nSPS) is 24.6. The van der Waals surface area contributed by atoms with E-state index in [-0.39, 0.29) is 90.6 Å². The number of hydrogen-bond acceptors (Lipinski definition) is 14. The van der Waals surface area contributed by atoms with Crippen LogP contribution >= 0.6 is 0 Å². The average Bonchev–Trinajstić information content (AvgIpc) is 4.16. The van der Waals surface area contributed by atoms with Gasteiger partial charge in [0.1, 0.15) is 53.7 Å². The van der Waals surface area contributed by atoms with E-state index in [1.807, 2.05) is 11.8 Å². The number of imide groups is 1. The Hall–Kier alpha value is -6.84. The van der Waals surface area contributed by atoms with E-state index in [1.165, 1.54) is 39.6 Å². The lowest BCUT2D eigenvalue weighted by Crippen LogP contribution is -2.49. The van der Waals surface area contributed by atoms with Gasteiger partial charge < -0.3 is 34.4 Å². The molecule has 4 atom stereocenters. The minimum atomic E-state index is -1.01. The van der Waals surface area contributed by atoms with Crippen molar-refractivity contribution in [3.8, 4) is 23.0 Å². The Kier molecular flexibility index (Phi) is 14.3. The van der Waals surface area contributed by atoms with Gasteiger partial charge in [0.2, 0.25) is 11.8 Å². The number of benzene rings is 3. The molecule has 6 aromatic rings. The first-order valence-electron chi connectivity index (χ1n) is 28.5. The largest absolute Gasteiger partial charge is 0.508 e. The van der Waals surface area contributed by atoms with Gasteiger partial charge in [0.15, 0.2) is 5.82 Å². The highest BCUT2D eigenvalue weighted by Gasteiger charge is 2.50. The lowest BCUT2D eigenvalue weighted by Gasteiger charge is -2.38. The van der Waals surface area contributed by atoms with Gasteiger partial charge in [-0.1, -0.05) is 13.0 Å². The van der Waals surface area contributed by atoms with E-state index in [9.17, 15) is 29.4 Å². The summed E-state index contributed by atoms with van der Waals surface area (Å²) in [4.78, 5) is 74.1. The number of anilines is 1. The third kappa shape index (κ3) is 9.89. The van der Waals surface area contributed by atoms with Gasteiger partial charge in [-0.15, -0.1) is 0 Å². The zero-order valence-electron chi connectivity index (χ0n) is 45.6. The number of aromatic hydroxyl groups is 1. The molecule has 6 fully saturated rings. The van der Waals surface area contributed by atoms with Crippen molar-refractivity contribution >= 4 is 56.4 Å². The Morgan fingerprint density at radius 1 is 0.887 bits per heavy atom. The number of carbonyl (C=O) groups is 3. The van der Waals surface area contributed by atoms with Crippen molar-refractivity contribution in [1.29, 1.82) is 0 Å². The first-order valence-corrected chi connectivity index (χ1v) is 28.5. The number of nitrogens with one attached hydrogen (secondary N) is 1. The summed E-state index contributed by atoms with van der Waals surface area (Å²) in [5.41, 5.74) is 0.109. The number of piperidine rings is 4. The van der Waals surface area contributed by atoms with Gasteiger partial charge >= 0.3 is 17.8 Å². The fourth-order valence-electron chi connectivity index (χ4n) is 14.2. The van der Waals surface area contributed by atoms with Crippen molar-refractivity contribution in [3.05, 3.63) is 81.7 Å². The molecule has 3 N–H and O–H groups in total. The number of pyridine rings is 1. The zero-order chi connectivity index (χ0) is 55.8. The molecule has 3 aromatic heterocycles. The Bertz CT molecular complexity index is 3500. The standard InChI is InChI=1S/C59H69F3N10O8/c1-4-39-43(60)8-7-36-25-38(73)26-41(49(36)39)51-50(62)52-42(29-63-51)53(70-19-5-16-58(2,78)32-70)66-55(65-52)80-33-59-17-6-20-71(59)37(11-18-59)31-79-57(77)69-23-12-34(13-24-69)30-68-21-14-35(15-22-68)40-27-46-47(28-44(40)61)72(56(76)67(46)3)45-9-10-48(74)64-54(45)75/h7-8,25-29,34-35,37,45,73,78H,4-6,9-24,30-33H2,1-3H3,(H,64,74,75)/t37-,45?,58+,59-/m0/s1. The van der Waals surface area contributed by atoms with Crippen molar-refractivity contribution in [3.63, 3.8) is 0 Å². The Morgan fingerprint density at radius 3 is 2.44 bits per heavy atom. The van der Waals surface area contributed by atoms with Crippen molar-refractivity contribution in [2.24, 2.45) is 13.0 Å². The maximum Gasteiger partial charge on any atom is 0.409 e. The highest BCUT2D eigenvalue weighted by atomic mass is 19.1. The number of aromatic nitrogens is 5. The molecule has 6 saturated heterocycles. The van der Waals surface area contributed by atoms with Crippen LogP contribution < -0.4 is 20.6 Å². The second-order valence-electron chi connectivity index (χ2n) is 23.6. The quantitative estimate of drug-likeness (QED) is 0.101. The number of likely N-dealkylation sites (tertiary alicyclic amines) is 2. The topological polar surface area (TPSA) is 201 Å². The molecule has 3 amide bonds. The molecule has 21 heteroatoms. The van der Waals surface area contributed by atoms with Crippen LogP contribution in [0.2, 0.25) is 0 Å². The third-order valence-corrected chi connectivity index (χ3v) is 18.4. The van der Waals surface area contributed by atoms with Gasteiger partial charge in [-0.05, 0) is 162 Å². The molecule has 18 nitrogen and oxygen atoms in total. The van der Waals surface area contributed by atoms with Crippen LogP contribution in [0.25, 0.3) is 44.0 Å². The molecule has 0 spiro atoms. The number of fused-ring (bicyclic) bond motifs is 4. The molecule has 12 rings (SSSR count). The smallest absolute Gasteiger partial charge is 0.409 e. The van der Waals surface area contributed by atoms with E-state index >= 15 is 13.2 Å². The van der Waals surface area contributed by atoms with Crippen LogP contribution in [0.5, 0.6) is 11.8 Å². The predicted octanol–water partition coefficient (Wildman–Crippen LogP) is 7.62. The molecule has 3 aromatic carbocycles. The second kappa shape index (κ2) is 21.2. The monoisotopic (exact) mass is 1100 g/mol. The minimum Gasteiger partial charge on any atom is -0.508 e. The number of imidazole rings is 1. The SMILES string of the molecule is CCc1c(F)ccc2cc(O)cc(-c3ncc4c(N5CCC[C@@](C)(O)C5)nc(OC[C@@]56CCCN5[C@H](COC(=O)N5CCC(CN7CCC(c8cc9c(cc8F)n(C8CCC(=O)NC8=O)c(=O)n9C)CC7)CC5)CC6)nc4c3F)c12. The lowest BCUT2D eigenvalue weighted by atomic mass is 9.87. The molecule has 9 heterocycles. The van der Waals surface area contributed by atoms with Gasteiger partial charge in [-0.2, -0.15) is 9.97 Å². The maximum atomic E-state index is 17.3. The van der Waals surface area contributed by atoms with Gasteiger partial charge in [-0.3, -0.25) is 33.9 Å². The number of halogens is 3. The van der Waals surface area contributed by atoms with E-state index < -0.39 is 40.7 Å². The average molecular weight is 1100 g/mol. The van der Waals surface area contributed by atoms with E-state index in [2.05, 4.69) is 20.1 Å². The molecule has 6 aliphatic heterocycles. The Morgan fingerprint density at radius 2 is 1.68 bits per heavy atom. The molecule has 424 valence electrons. The zero-order valence-corrected chi connectivity index (χ0v) is 45.6. The summed E-state index contributed by atoms with van der Waals surface area (Å²) in [6.45, 7) is 9.33. The summed E-state index contributed by atoms with van der Waals surface area (Å²) in [6, 6.07) is 8.01. The van der Waals surface area contributed by atoms with Crippen molar-refractivity contribution in [2.45, 2.75) is 126 Å². The fraction of sp³-hybridized carbons (Fsp3) is 0.542. The highest BCUT2D eigenvalue weighted by Crippen LogP contribution is 2.44. The number of hydrogen-bond donors (Lipinski definition) is 3. The summed E-state index contributed by atoms with van der Waals surface area (Å²) < 4.78 is 63.8. The van der Waals surface area contributed by atoms with Crippen LogP contribution in [-0.4, -0.2) is 150 Å². The van der Waals surface area contributed by atoms with Gasteiger partial charge in [0.25, 0.3) is 0 Å². The Balaban J connectivity index is 0.666. The number of phenols is 1. The first-order chi connectivity index (χ1) is 38.5. The number of rotatable bonds is 12. The fourth-order valence-corrected chi connectivity index (χ4v) is 14.2. The van der Waals surface area contributed by atoms with Crippen LogP contribution in [0.15, 0.2) is 47.4 Å². The van der Waals surface area contributed by atoms with E-state index in [0.29, 0.717) is 89.0 Å². The second-order valence-corrected chi connectivity index (χ2v) is 23.6. The third-order valence-electron chi connectivity index (χ3n) is 18.4. The Labute approximate surface area is 460 Å². The van der Waals surface area contributed by atoms with Gasteiger partial charge in [0, 0.05) is 70.1 Å². The summed E-state index contributed by atoms with van der Waals surface area (Å²) in [7, 11) is 1.62. The minimum absolute atomic E-state index is 0.0172. The number of amides is 3. The van der Waals surface area contributed by atoms with E-state index in [0.717, 1.165) is 77.5 Å². The number of β-amino-alcohol motifs (C(OH)–C–C–N with tert-alkyl or cyclic N) is 1. The molecule has 80 heavy (non-hydrogen) atoms. The van der Waals surface area contributed by atoms with Crippen molar-refractivity contribution in [1.82, 2.24) is 44.1 Å². The van der Waals surface area contributed by atoms with Crippen LogP contribution in [0.4, 0.5) is 23.8 Å². The molecule has 0 bridgehead atoms. The number of ether oxygens (including phenoxy) is 2. The summed E-state index contributed by atoms with van der Waals surface area (Å²) >= 11 is 0. The number of carbonyl (C=O) groups excluding carboxylic acids is 3. The highest BCUT2D eigenvalue weighted by molar-refractivity contribution is 6.02. The molecule has 0 aliphatic carbocycles. The lowest BCUT2D eigenvalue weighted by molar-refractivity contribution is -0.135.